The second kappa shape index (κ2) is 7.61. The lowest BCUT2D eigenvalue weighted by Crippen LogP contribution is -2.49. The van der Waals surface area contributed by atoms with E-state index in [9.17, 15) is 14.4 Å². The summed E-state index contributed by atoms with van der Waals surface area (Å²) in [6.45, 7) is 4.00. The Bertz CT molecular complexity index is 831. The monoisotopic (exact) mass is 519 g/mol. The van der Waals surface area contributed by atoms with E-state index in [1.807, 2.05) is 38.1 Å². The molecule has 3 rings (SSSR count). The highest BCUT2D eigenvalue weighted by molar-refractivity contribution is 9.10. The SMILES string of the molecule is CCC(CC)(CP(=O)(O)O)N1c2ccc(Br)cc2Sc2cc(Br)ccc21. The zero-order valence-electron chi connectivity index (χ0n) is 14.4. The summed E-state index contributed by atoms with van der Waals surface area (Å²) >= 11 is 8.74. The lowest BCUT2D eigenvalue weighted by Gasteiger charge is -2.47. The van der Waals surface area contributed by atoms with Gasteiger partial charge in [0, 0.05) is 18.7 Å². The number of halogens is 2. The van der Waals surface area contributed by atoms with Gasteiger partial charge in [-0.05, 0) is 49.2 Å². The number of hydrogen-bond donors (Lipinski definition) is 2. The summed E-state index contributed by atoms with van der Waals surface area (Å²) in [5.74, 6) is 0. The summed E-state index contributed by atoms with van der Waals surface area (Å²) in [5, 5.41) is 0. The minimum Gasteiger partial charge on any atom is -0.333 e. The summed E-state index contributed by atoms with van der Waals surface area (Å²) < 4.78 is 14.0. The van der Waals surface area contributed by atoms with E-state index in [4.69, 9.17) is 0 Å². The van der Waals surface area contributed by atoms with Crippen LogP contribution in [0.25, 0.3) is 0 Å². The molecule has 1 heterocycles. The maximum Gasteiger partial charge on any atom is 0.327 e. The number of rotatable bonds is 5. The quantitative estimate of drug-likeness (QED) is 0.437. The number of fused-ring (bicyclic) bond motifs is 2. The van der Waals surface area contributed by atoms with Gasteiger partial charge < -0.3 is 14.7 Å². The number of anilines is 2. The standard InChI is InChI=1S/C18H20Br2NO3PS/c1-3-18(4-2,11-25(22,23)24)21-14-7-5-12(19)9-16(14)26-17-10-13(20)6-8-15(17)21/h5-10H,3-4,11H2,1-2H3,(H2,22,23,24). The van der Waals surface area contributed by atoms with Crippen LogP contribution in [0, 0.1) is 0 Å². The summed E-state index contributed by atoms with van der Waals surface area (Å²) in [7, 11) is -4.20. The molecule has 26 heavy (non-hydrogen) atoms. The Hall–Kier alpha value is -0.300. The molecule has 0 unspecified atom stereocenters. The second-order valence-electron chi connectivity index (χ2n) is 6.42. The summed E-state index contributed by atoms with van der Waals surface area (Å²) in [4.78, 5) is 23.9. The smallest absolute Gasteiger partial charge is 0.327 e. The van der Waals surface area contributed by atoms with Gasteiger partial charge in [-0.2, -0.15) is 0 Å². The van der Waals surface area contributed by atoms with Crippen LogP contribution in [-0.2, 0) is 4.57 Å². The third kappa shape index (κ3) is 3.94. The lowest BCUT2D eigenvalue weighted by molar-refractivity contribution is 0.338. The molecule has 0 spiro atoms. The normalized spacial score (nSPS) is 14.2. The Balaban J connectivity index is 2.26. The Morgan fingerprint density at radius 2 is 1.46 bits per heavy atom. The first-order chi connectivity index (χ1) is 12.2. The molecule has 2 N–H and O–H groups in total. The Morgan fingerprint density at radius 1 is 1.00 bits per heavy atom. The molecule has 0 amide bonds. The van der Waals surface area contributed by atoms with Gasteiger partial charge in [0.05, 0.1) is 23.1 Å². The highest BCUT2D eigenvalue weighted by Crippen LogP contribution is 2.55. The van der Waals surface area contributed by atoms with Crippen LogP contribution in [0.5, 0.6) is 0 Å². The third-order valence-electron chi connectivity index (χ3n) is 4.84. The molecule has 0 saturated heterocycles. The molecule has 0 aromatic heterocycles. The molecule has 0 aliphatic carbocycles. The maximum absolute atomic E-state index is 12.0. The zero-order chi connectivity index (χ0) is 19.1. The summed E-state index contributed by atoms with van der Waals surface area (Å²) in [5.41, 5.74) is 1.32. The highest BCUT2D eigenvalue weighted by atomic mass is 79.9. The van der Waals surface area contributed by atoms with Gasteiger partial charge in [0.15, 0.2) is 0 Å². The number of hydrogen-bond acceptors (Lipinski definition) is 3. The van der Waals surface area contributed by atoms with Crippen LogP contribution in [0.3, 0.4) is 0 Å². The first kappa shape index (κ1) is 20.4. The second-order valence-corrected chi connectivity index (χ2v) is 11.0. The van der Waals surface area contributed by atoms with Crippen LogP contribution < -0.4 is 4.90 Å². The molecule has 0 bridgehead atoms. The van der Waals surface area contributed by atoms with Crippen molar-refractivity contribution in [3.05, 3.63) is 45.3 Å². The first-order valence-electron chi connectivity index (χ1n) is 8.31. The third-order valence-corrected chi connectivity index (χ3v) is 7.92. The van der Waals surface area contributed by atoms with Crippen LogP contribution in [0.4, 0.5) is 11.4 Å². The summed E-state index contributed by atoms with van der Waals surface area (Å²) in [6.07, 6.45) is 1.08. The molecule has 1 aliphatic rings. The van der Waals surface area contributed by atoms with Crippen LogP contribution in [-0.4, -0.2) is 21.5 Å². The molecule has 140 valence electrons. The molecule has 0 saturated carbocycles. The van der Waals surface area contributed by atoms with Gasteiger partial charge in [0.2, 0.25) is 0 Å². The highest BCUT2D eigenvalue weighted by Gasteiger charge is 2.43. The maximum atomic E-state index is 12.0. The minimum absolute atomic E-state index is 0.178. The molecule has 8 heteroatoms. The van der Waals surface area contributed by atoms with E-state index >= 15 is 0 Å². The van der Waals surface area contributed by atoms with Crippen molar-refractivity contribution < 1.29 is 14.4 Å². The van der Waals surface area contributed by atoms with E-state index < -0.39 is 13.1 Å². The number of nitrogens with zero attached hydrogens (tertiary/aromatic N) is 1. The van der Waals surface area contributed by atoms with Crippen molar-refractivity contribution in [3.63, 3.8) is 0 Å². The van der Waals surface area contributed by atoms with E-state index in [1.165, 1.54) is 0 Å². The Labute approximate surface area is 174 Å². The fraction of sp³-hybridized carbons (Fsp3) is 0.333. The number of benzene rings is 2. The van der Waals surface area contributed by atoms with E-state index in [1.54, 1.807) is 11.8 Å². The molecule has 0 fully saturated rings. The molecule has 4 nitrogen and oxygen atoms in total. The fourth-order valence-corrected chi connectivity index (χ4v) is 7.03. The van der Waals surface area contributed by atoms with Gasteiger partial charge >= 0.3 is 7.60 Å². The van der Waals surface area contributed by atoms with Crippen molar-refractivity contribution in [2.24, 2.45) is 0 Å². The molecule has 1 aliphatic heterocycles. The molecule has 2 aromatic carbocycles. The van der Waals surface area contributed by atoms with Gasteiger partial charge in [-0.25, -0.2) is 0 Å². The molecule has 0 atom stereocenters. The van der Waals surface area contributed by atoms with Crippen LogP contribution in [0.15, 0.2) is 55.1 Å². The van der Waals surface area contributed by atoms with Gasteiger partial charge in [-0.3, -0.25) is 4.57 Å². The van der Waals surface area contributed by atoms with Gasteiger partial charge in [0.1, 0.15) is 0 Å². The van der Waals surface area contributed by atoms with E-state index in [-0.39, 0.29) is 6.16 Å². The topological polar surface area (TPSA) is 60.8 Å². The first-order valence-corrected chi connectivity index (χ1v) is 12.5. The van der Waals surface area contributed by atoms with Crippen molar-refractivity contribution >= 4 is 62.6 Å². The molecule has 0 radical (unpaired) electrons. The van der Waals surface area contributed by atoms with Gasteiger partial charge in [0.25, 0.3) is 0 Å². The van der Waals surface area contributed by atoms with Crippen molar-refractivity contribution in [2.75, 3.05) is 11.1 Å². The molecular formula is C18H20Br2NO3PS. The van der Waals surface area contributed by atoms with Crippen LogP contribution in [0.1, 0.15) is 26.7 Å². The van der Waals surface area contributed by atoms with Gasteiger partial charge in [-0.15, -0.1) is 0 Å². The minimum atomic E-state index is -4.20. The average Bonchev–Trinajstić information content (AvgIpc) is 2.56. The summed E-state index contributed by atoms with van der Waals surface area (Å²) in [6, 6.07) is 12.1. The van der Waals surface area contributed by atoms with E-state index in [0.717, 1.165) is 30.1 Å². The van der Waals surface area contributed by atoms with Crippen molar-refractivity contribution in [1.29, 1.82) is 0 Å². The van der Waals surface area contributed by atoms with Crippen molar-refractivity contribution in [3.8, 4) is 0 Å². The lowest BCUT2D eigenvalue weighted by atomic mass is 9.91. The Kier molecular flexibility index (Phi) is 5.98. The van der Waals surface area contributed by atoms with Crippen LogP contribution in [0.2, 0.25) is 0 Å². The van der Waals surface area contributed by atoms with Crippen LogP contribution >= 0.6 is 51.2 Å². The molecular weight excluding hydrogens is 501 g/mol. The predicted octanol–water partition coefficient (Wildman–Crippen LogP) is 6.55. The predicted molar refractivity (Wildman–Crippen MR) is 115 cm³/mol. The van der Waals surface area contributed by atoms with E-state index in [2.05, 4.69) is 48.9 Å². The van der Waals surface area contributed by atoms with Crippen molar-refractivity contribution in [1.82, 2.24) is 0 Å². The largest absolute Gasteiger partial charge is 0.333 e. The fourth-order valence-electron chi connectivity index (χ4n) is 3.51. The zero-order valence-corrected chi connectivity index (χ0v) is 19.3. The van der Waals surface area contributed by atoms with E-state index in [0.29, 0.717) is 12.8 Å². The van der Waals surface area contributed by atoms with Gasteiger partial charge in [-0.1, -0.05) is 57.5 Å². The Morgan fingerprint density at radius 3 is 1.85 bits per heavy atom. The molecule has 2 aromatic rings. The average molecular weight is 521 g/mol. The van der Waals surface area contributed by atoms with Crippen molar-refractivity contribution in [2.45, 2.75) is 42.0 Å².